The van der Waals surface area contributed by atoms with Gasteiger partial charge in [-0.1, -0.05) is 24.3 Å². The van der Waals surface area contributed by atoms with E-state index in [1.807, 2.05) is 24.3 Å². The molecule has 1 atom stereocenters. The van der Waals surface area contributed by atoms with E-state index in [2.05, 4.69) is 0 Å². The van der Waals surface area contributed by atoms with Crippen molar-refractivity contribution in [1.82, 2.24) is 0 Å². The molecule has 3 nitrogen and oxygen atoms in total. The number of ether oxygens (including phenoxy) is 1. The van der Waals surface area contributed by atoms with Crippen LogP contribution in [-0.2, 0) is 17.7 Å². The van der Waals surface area contributed by atoms with Gasteiger partial charge < -0.3 is 15.6 Å². The summed E-state index contributed by atoms with van der Waals surface area (Å²) >= 11 is 0. The highest BCUT2D eigenvalue weighted by atomic mass is 16.5. The van der Waals surface area contributed by atoms with Crippen LogP contribution in [0.2, 0.25) is 0 Å². The minimum Gasteiger partial charge on any atom is -0.387 e. The molecule has 3 heteroatoms. The van der Waals surface area contributed by atoms with Gasteiger partial charge in [-0.25, -0.2) is 0 Å². The van der Waals surface area contributed by atoms with Crippen molar-refractivity contribution in [2.24, 2.45) is 5.73 Å². The molecule has 1 unspecified atom stereocenters. The van der Waals surface area contributed by atoms with E-state index in [4.69, 9.17) is 10.5 Å². The fourth-order valence-electron chi connectivity index (χ4n) is 2.15. The van der Waals surface area contributed by atoms with Crippen LogP contribution in [0.4, 0.5) is 0 Å². The third-order valence-electron chi connectivity index (χ3n) is 3.09. The molecule has 1 heterocycles. The maximum absolute atomic E-state index is 10.3. The Morgan fingerprint density at radius 1 is 1.25 bits per heavy atom. The van der Waals surface area contributed by atoms with Crippen LogP contribution in [0.3, 0.4) is 0 Å². The number of benzene rings is 1. The Balaban J connectivity index is 2.01. The van der Waals surface area contributed by atoms with Crippen LogP contribution in [-0.4, -0.2) is 23.9 Å². The van der Waals surface area contributed by atoms with Crippen LogP contribution < -0.4 is 5.73 Å². The molecule has 1 aromatic carbocycles. The van der Waals surface area contributed by atoms with Gasteiger partial charge in [0.1, 0.15) is 0 Å². The van der Waals surface area contributed by atoms with Crippen molar-refractivity contribution in [2.45, 2.75) is 31.4 Å². The molecule has 0 aromatic heterocycles. The average molecular weight is 221 g/mol. The number of nitrogens with two attached hydrogens (primary N) is 1. The molecule has 0 aliphatic carbocycles. The minimum absolute atomic E-state index is 0.450. The van der Waals surface area contributed by atoms with Crippen molar-refractivity contribution in [1.29, 1.82) is 0 Å². The van der Waals surface area contributed by atoms with Crippen LogP contribution in [0.25, 0.3) is 0 Å². The fourth-order valence-corrected chi connectivity index (χ4v) is 2.15. The first-order valence-electron chi connectivity index (χ1n) is 5.80. The van der Waals surface area contributed by atoms with Gasteiger partial charge >= 0.3 is 0 Å². The Labute approximate surface area is 96.2 Å². The largest absolute Gasteiger partial charge is 0.387 e. The van der Waals surface area contributed by atoms with Gasteiger partial charge in [0.05, 0.1) is 12.2 Å². The molecule has 88 valence electrons. The van der Waals surface area contributed by atoms with Crippen molar-refractivity contribution < 1.29 is 9.84 Å². The van der Waals surface area contributed by atoms with Gasteiger partial charge in [0.25, 0.3) is 0 Å². The number of hydrogen-bond donors (Lipinski definition) is 2. The second-order valence-corrected chi connectivity index (χ2v) is 4.58. The monoisotopic (exact) mass is 221 g/mol. The molecule has 1 aliphatic heterocycles. The SMILES string of the molecule is NCc1ccc(CC2(O)CCCOC2)cc1. The highest BCUT2D eigenvalue weighted by molar-refractivity contribution is 5.23. The Morgan fingerprint density at radius 2 is 1.94 bits per heavy atom. The molecular formula is C13H19NO2. The molecule has 1 aliphatic rings. The minimum atomic E-state index is -0.678. The number of aliphatic hydroxyl groups is 1. The second-order valence-electron chi connectivity index (χ2n) is 4.58. The summed E-state index contributed by atoms with van der Waals surface area (Å²) in [5.74, 6) is 0. The molecule has 3 N–H and O–H groups in total. The fraction of sp³-hybridized carbons (Fsp3) is 0.538. The molecule has 0 radical (unpaired) electrons. The smallest absolute Gasteiger partial charge is 0.0921 e. The highest BCUT2D eigenvalue weighted by Gasteiger charge is 2.30. The maximum Gasteiger partial charge on any atom is 0.0921 e. The third-order valence-corrected chi connectivity index (χ3v) is 3.09. The van der Waals surface area contributed by atoms with Gasteiger partial charge in [-0.05, 0) is 24.0 Å². The molecule has 1 saturated heterocycles. The van der Waals surface area contributed by atoms with Crippen LogP contribution in [0.15, 0.2) is 24.3 Å². The van der Waals surface area contributed by atoms with E-state index in [9.17, 15) is 5.11 Å². The van der Waals surface area contributed by atoms with Crippen LogP contribution in [0.1, 0.15) is 24.0 Å². The molecule has 2 rings (SSSR count). The quantitative estimate of drug-likeness (QED) is 0.807. The number of hydrogen-bond acceptors (Lipinski definition) is 3. The van der Waals surface area contributed by atoms with Crippen molar-refractivity contribution in [3.8, 4) is 0 Å². The van der Waals surface area contributed by atoms with Gasteiger partial charge in [-0.2, -0.15) is 0 Å². The molecule has 0 bridgehead atoms. The summed E-state index contributed by atoms with van der Waals surface area (Å²) in [5.41, 5.74) is 7.13. The summed E-state index contributed by atoms with van der Waals surface area (Å²) in [7, 11) is 0. The Bertz CT molecular complexity index is 328. The third kappa shape index (κ3) is 2.82. The topological polar surface area (TPSA) is 55.5 Å². The van der Waals surface area contributed by atoms with Crippen LogP contribution in [0.5, 0.6) is 0 Å². The maximum atomic E-state index is 10.3. The van der Waals surface area contributed by atoms with Crippen LogP contribution in [0, 0.1) is 0 Å². The van der Waals surface area contributed by atoms with Gasteiger partial charge in [0, 0.05) is 19.6 Å². The van der Waals surface area contributed by atoms with Gasteiger partial charge in [-0.15, -0.1) is 0 Å². The lowest BCUT2D eigenvalue weighted by Crippen LogP contribution is -2.40. The van der Waals surface area contributed by atoms with E-state index in [0.717, 1.165) is 30.6 Å². The van der Waals surface area contributed by atoms with Crippen molar-refractivity contribution in [2.75, 3.05) is 13.2 Å². The summed E-state index contributed by atoms with van der Waals surface area (Å²) in [6.45, 7) is 1.79. The van der Waals surface area contributed by atoms with E-state index < -0.39 is 5.60 Å². The normalized spacial score (nSPS) is 25.6. The average Bonchev–Trinajstić information content (AvgIpc) is 2.30. The Hall–Kier alpha value is -0.900. The second kappa shape index (κ2) is 4.95. The molecule has 0 amide bonds. The summed E-state index contributed by atoms with van der Waals surface area (Å²) in [4.78, 5) is 0. The first kappa shape index (κ1) is 11.6. The van der Waals surface area contributed by atoms with E-state index >= 15 is 0 Å². The van der Waals surface area contributed by atoms with Crippen molar-refractivity contribution in [3.05, 3.63) is 35.4 Å². The van der Waals surface area contributed by atoms with Gasteiger partial charge in [-0.3, -0.25) is 0 Å². The Kier molecular flexibility index (Phi) is 3.59. The zero-order valence-corrected chi connectivity index (χ0v) is 9.48. The zero-order chi connectivity index (χ0) is 11.4. The summed E-state index contributed by atoms with van der Waals surface area (Å²) in [6, 6.07) is 8.11. The molecule has 1 fully saturated rings. The lowest BCUT2D eigenvalue weighted by Gasteiger charge is -2.32. The molecule has 0 saturated carbocycles. The van der Waals surface area contributed by atoms with Gasteiger partial charge in [0.2, 0.25) is 0 Å². The van der Waals surface area contributed by atoms with E-state index in [-0.39, 0.29) is 0 Å². The van der Waals surface area contributed by atoms with E-state index in [1.54, 1.807) is 0 Å². The summed E-state index contributed by atoms with van der Waals surface area (Å²) < 4.78 is 5.33. The lowest BCUT2D eigenvalue weighted by molar-refractivity contribution is -0.0844. The summed E-state index contributed by atoms with van der Waals surface area (Å²) in [6.07, 6.45) is 2.43. The first-order chi connectivity index (χ1) is 7.72. The van der Waals surface area contributed by atoms with Crippen molar-refractivity contribution >= 4 is 0 Å². The highest BCUT2D eigenvalue weighted by Crippen LogP contribution is 2.23. The van der Waals surface area contributed by atoms with Crippen LogP contribution >= 0.6 is 0 Å². The molecular weight excluding hydrogens is 202 g/mol. The van der Waals surface area contributed by atoms with E-state index in [0.29, 0.717) is 19.6 Å². The van der Waals surface area contributed by atoms with Gasteiger partial charge in [0.15, 0.2) is 0 Å². The van der Waals surface area contributed by atoms with Crippen molar-refractivity contribution in [3.63, 3.8) is 0 Å². The molecule has 16 heavy (non-hydrogen) atoms. The lowest BCUT2D eigenvalue weighted by atomic mass is 9.89. The molecule has 0 spiro atoms. The first-order valence-corrected chi connectivity index (χ1v) is 5.80. The van der Waals surface area contributed by atoms with E-state index in [1.165, 1.54) is 0 Å². The zero-order valence-electron chi connectivity index (χ0n) is 9.48. The Morgan fingerprint density at radius 3 is 2.50 bits per heavy atom. The molecule has 1 aromatic rings. The predicted molar refractivity (Wildman–Crippen MR) is 63.0 cm³/mol. The predicted octanol–water partition coefficient (Wildman–Crippen LogP) is 1.23. The standard InChI is InChI=1S/C13H19NO2/c14-9-12-4-2-11(3-5-12)8-13(15)6-1-7-16-10-13/h2-5,15H,1,6-10,14H2. The number of rotatable bonds is 3. The summed E-state index contributed by atoms with van der Waals surface area (Å²) in [5, 5.41) is 10.3.